The lowest BCUT2D eigenvalue weighted by Gasteiger charge is -2.34. The van der Waals surface area contributed by atoms with Crippen LogP contribution in [0.5, 0.6) is 11.5 Å². The smallest absolute Gasteiger partial charge is 0.327 e. The number of carbonyl (C=O) groups excluding carboxylic acids is 1. The van der Waals surface area contributed by atoms with Gasteiger partial charge >= 0.3 is 6.03 Å². The fourth-order valence-corrected chi connectivity index (χ4v) is 4.73. The Labute approximate surface area is 166 Å². The average molecular weight is 390 g/mol. The van der Waals surface area contributed by atoms with Gasteiger partial charge in [-0.2, -0.15) is 0 Å². The van der Waals surface area contributed by atoms with E-state index in [4.69, 9.17) is 10.5 Å². The molecule has 2 atom stereocenters. The van der Waals surface area contributed by atoms with E-state index in [0.29, 0.717) is 0 Å². The number of nitrogens with one attached hydrogen (secondary N) is 1. The van der Waals surface area contributed by atoms with Crippen molar-refractivity contribution in [3.8, 4) is 11.5 Å². The zero-order chi connectivity index (χ0) is 19.3. The van der Waals surface area contributed by atoms with Gasteiger partial charge in [0, 0.05) is 11.8 Å². The van der Waals surface area contributed by atoms with Gasteiger partial charge in [0.1, 0.15) is 16.5 Å². The molecule has 3 aromatic rings. The summed E-state index contributed by atoms with van der Waals surface area (Å²) in [7, 11) is 0. The number of hydrogen-bond donors (Lipinski definition) is 2. The Morgan fingerprint density at radius 1 is 1.11 bits per heavy atom. The number of aromatic nitrogens is 1. The van der Waals surface area contributed by atoms with E-state index >= 15 is 0 Å². The molecule has 2 aliphatic rings. The van der Waals surface area contributed by atoms with Gasteiger partial charge in [-0.3, -0.25) is 4.90 Å². The van der Waals surface area contributed by atoms with Crippen molar-refractivity contribution in [2.45, 2.75) is 23.4 Å². The van der Waals surface area contributed by atoms with Crippen molar-refractivity contribution in [3.05, 3.63) is 71.9 Å². The summed E-state index contributed by atoms with van der Waals surface area (Å²) in [6.45, 7) is 1.97. The monoisotopic (exact) mass is 390 g/mol. The Balaban J connectivity index is 1.53. The van der Waals surface area contributed by atoms with Gasteiger partial charge in [0.05, 0.1) is 22.8 Å². The number of nitrogens with two attached hydrogens (primary N) is 1. The van der Waals surface area contributed by atoms with Gasteiger partial charge in [-0.1, -0.05) is 30.0 Å². The second-order valence-electron chi connectivity index (χ2n) is 6.76. The third kappa shape index (κ3) is 2.71. The van der Waals surface area contributed by atoms with Crippen molar-refractivity contribution in [2.24, 2.45) is 5.73 Å². The fourth-order valence-electron chi connectivity index (χ4n) is 3.65. The number of thioether (sulfide) groups is 1. The van der Waals surface area contributed by atoms with Crippen molar-refractivity contribution in [2.75, 3.05) is 4.90 Å². The third-order valence-corrected chi connectivity index (χ3v) is 6.02. The van der Waals surface area contributed by atoms with Gasteiger partial charge in [-0.05, 0) is 48.9 Å². The summed E-state index contributed by atoms with van der Waals surface area (Å²) >= 11 is 1.49. The summed E-state index contributed by atoms with van der Waals surface area (Å²) in [4.78, 5) is 19.0. The molecule has 5 rings (SSSR count). The summed E-state index contributed by atoms with van der Waals surface area (Å²) in [5.41, 5.74) is 9.74. The van der Waals surface area contributed by atoms with Crippen molar-refractivity contribution in [1.82, 2.24) is 10.3 Å². The van der Waals surface area contributed by atoms with E-state index in [9.17, 15) is 4.79 Å². The van der Waals surface area contributed by atoms with Crippen LogP contribution in [-0.4, -0.2) is 16.4 Å². The first-order chi connectivity index (χ1) is 13.6. The van der Waals surface area contributed by atoms with Crippen LogP contribution in [0.25, 0.3) is 0 Å². The largest absolute Gasteiger partial charge is 0.457 e. The highest BCUT2D eigenvalue weighted by molar-refractivity contribution is 8.00. The maximum atomic E-state index is 12.9. The molecular formula is C21H18N4O2S. The molecule has 0 fully saturated rings. The number of carbonyl (C=O) groups is 1. The number of aryl methyl sites for hydroxylation is 1. The summed E-state index contributed by atoms with van der Waals surface area (Å²) in [6, 6.07) is 16.8. The van der Waals surface area contributed by atoms with Crippen LogP contribution in [0.2, 0.25) is 0 Å². The topological polar surface area (TPSA) is 80.5 Å². The number of nitrogens with zero attached hydrogens (tertiary/aromatic N) is 2. The molecule has 6 nitrogen and oxygen atoms in total. The number of anilines is 2. The van der Waals surface area contributed by atoms with Crippen LogP contribution in [0, 0.1) is 6.92 Å². The Morgan fingerprint density at radius 3 is 2.71 bits per heavy atom. The number of hydrogen-bond acceptors (Lipinski definition) is 5. The highest BCUT2D eigenvalue weighted by atomic mass is 32.2. The molecule has 2 amide bonds. The predicted octanol–water partition coefficient (Wildman–Crippen LogP) is 4.48. The molecule has 0 bridgehead atoms. The van der Waals surface area contributed by atoms with Crippen LogP contribution in [-0.2, 0) is 0 Å². The average Bonchev–Trinajstić information content (AvgIpc) is 3.00. The maximum Gasteiger partial charge on any atom is 0.327 e. The van der Waals surface area contributed by atoms with Gasteiger partial charge in [0.2, 0.25) is 0 Å². The molecule has 28 heavy (non-hydrogen) atoms. The van der Waals surface area contributed by atoms with Crippen molar-refractivity contribution in [3.63, 3.8) is 0 Å². The van der Waals surface area contributed by atoms with E-state index < -0.39 is 0 Å². The molecule has 0 saturated heterocycles. The fraction of sp³-hybridized carbons (Fsp3) is 0.143. The SMILES string of the molecule is Cc1cc(Oc2ccccc2)ccc1N1C(=O)NC2c3c1ccnc3SC2N. The molecule has 7 heteroatoms. The van der Waals surface area contributed by atoms with Gasteiger partial charge in [0.25, 0.3) is 0 Å². The van der Waals surface area contributed by atoms with Crippen molar-refractivity contribution < 1.29 is 9.53 Å². The second kappa shape index (κ2) is 6.54. The minimum atomic E-state index is -0.225. The van der Waals surface area contributed by atoms with E-state index in [1.165, 1.54) is 11.8 Å². The molecule has 2 aliphatic heterocycles. The standard InChI is InChI=1S/C21H18N4O2S/c1-12-11-14(27-13-5-3-2-4-6-13)7-8-15(12)25-16-9-10-23-20-17(16)18(19(22)28-20)24-21(25)26/h2-11,18-19H,22H2,1H3,(H,24,26). The van der Waals surface area contributed by atoms with Crippen LogP contribution in [0.4, 0.5) is 16.2 Å². The van der Waals surface area contributed by atoms with Crippen molar-refractivity contribution in [1.29, 1.82) is 0 Å². The maximum absolute atomic E-state index is 12.9. The van der Waals surface area contributed by atoms with Crippen LogP contribution in [0.1, 0.15) is 17.2 Å². The molecule has 2 unspecified atom stereocenters. The summed E-state index contributed by atoms with van der Waals surface area (Å²) < 4.78 is 5.91. The van der Waals surface area contributed by atoms with Crippen LogP contribution in [0.3, 0.4) is 0 Å². The van der Waals surface area contributed by atoms with Gasteiger partial charge in [-0.25, -0.2) is 9.78 Å². The van der Waals surface area contributed by atoms with Gasteiger partial charge in [-0.15, -0.1) is 0 Å². The van der Waals surface area contributed by atoms with Crippen molar-refractivity contribution >= 4 is 29.2 Å². The molecule has 0 saturated carbocycles. The third-order valence-electron chi connectivity index (χ3n) is 4.93. The minimum Gasteiger partial charge on any atom is -0.457 e. The lowest BCUT2D eigenvalue weighted by Crippen LogP contribution is -2.47. The minimum absolute atomic E-state index is 0.188. The molecule has 0 radical (unpaired) electrons. The molecular weight excluding hydrogens is 372 g/mol. The summed E-state index contributed by atoms with van der Waals surface area (Å²) in [6.07, 6.45) is 1.73. The van der Waals surface area contributed by atoms with E-state index in [1.807, 2.05) is 61.5 Å². The number of ether oxygens (including phenoxy) is 1. The number of benzene rings is 2. The molecule has 3 N–H and O–H groups in total. The second-order valence-corrected chi connectivity index (χ2v) is 7.92. The lowest BCUT2D eigenvalue weighted by atomic mass is 10.0. The quantitative estimate of drug-likeness (QED) is 0.689. The predicted molar refractivity (Wildman–Crippen MR) is 109 cm³/mol. The lowest BCUT2D eigenvalue weighted by molar-refractivity contribution is 0.243. The molecule has 0 aliphatic carbocycles. The molecule has 2 aromatic carbocycles. The molecule has 3 heterocycles. The van der Waals surface area contributed by atoms with E-state index in [0.717, 1.165) is 39.0 Å². The van der Waals surface area contributed by atoms with Crippen LogP contribution in [0.15, 0.2) is 65.8 Å². The number of amides is 2. The molecule has 1 aromatic heterocycles. The Bertz CT molecular complexity index is 1070. The Kier molecular flexibility index (Phi) is 3.99. The number of rotatable bonds is 3. The highest BCUT2D eigenvalue weighted by Crippen LogP contribution is 2.49. The molecule has 140 valence electrons. The first kappa shape index (κ1) is 17.1. The Morgan fingerprint density at radius 2 is 1.93 bits per heavy atom. The van der Waals surface area contributed by atoms with E-state index in [2.05, 4.69) is 10.3 Å². The highest BCUT2D eigenvalue weighted by Gasteiger charge is 2.42. The Hall–Kier alpha value is -3.03. The normalized spacial score (nSPS) is 19.9. The zero-order valence-corrected chi connectivity index (χ0v) is 15.9. The zero-order valence-electron chi connectivity index (χ0n) is 15.1. The van der Waals surface area contributed by atoms with Gasteiger partial charge < -0.3 is 15.8 Å². The first-order valence-electron chi connectivity index (χ1n) is 8.97. The van der Waals surface area contributed by atoms with Crippen LogP contribution >= 0.6 is 11.8 Å². The van der Waals surface area contributed by atoms with E-state index in [1.54, 1.807) is 11.1 Å². The van der Waals surface area contributed by atoms with E-state index in [-0.39, 0.29) is 17.4 Å². The first-order valence-corrected chi connectivity index (χ1v) is 9.85. The summed E-state index contributed by atoms with van der Waals surface area (Å²) in [5.74, 6) is 1.49. The number of urea groups is 1. The molecule has 0 spiro atoms. The number of pyridine rings is 1. The number of para-hydroxylation sites is 1. The van der Waals surface area contributed by atoms with Crippen LogP contribution < -0.4 is 20.7 Å². The summed E-state index contributed by atoms with van der Waals surface area (Å²) in [5, 5.41) is 3.68. The van der Waals surface area contributed by atoms with Gasteiger partial charge in [0.15, 0.2) is 0 Å².